The van der Waals surface area contributed by atoms with Crippen LogP contribution < -0.4 is 5.32 Å². The number of hydrogen-bond acceptors (Lipinski definition) is 3. The highest BCUT2D eigenvalue weighted by Gasteiger charge is 2.05. The van der Waals surface area contributed by atoms with Gasteiger partial charge in [0.15, 0.2) is 0 Å². The normalized spacial score (nSPS) is 13.3. The van der Waals surface area contributed by atoms with Crippen LogP contribution in [0, 0.1) is 0 Å². The minimum atomic E-state index is -2.39. The predicted molar refractivity (Wildman–Crippen MR) is 51.8 cm³/mol. The number of H-pyrrole nitrogens is 1. The number of rotatable bonds is 7. The molecule has 0 bridgehead atoms. The molecule has 0 saturated carbocycles. The minimum Gasteiger partial charge on any atom is -0.374 e. The smallest absolute Gasteiger partial charge is 0.261 e. The summed E-state index contributed by atoms with van der Waals surface area (Å²) in [5.41, 5.74) is 0.962. The van der Waals surface area contributed by atoms with E-state index in [0.29, 0.717) is 6.54 Å². The summed E-state index contributed by atoms with van der Waals surface area (Å²) in [6, 6.07) is 1.97. The zero-order chi connectivity index (χ0) is 11.1. The van der Waals surface area contributed by atoms with Gasteiger partial charge in [0.05, 0.1) is 12.3 Å². The van der Waals surface area contributed by atoms with Crippen molar-refractivity contribution in [2.24, 2.45) is 0 Å². The van der Waals surface area contributed by atoms with Gasteiger partial charge < -0.3 is 10.1 Å². The van der Waals surface area contributed by atoms with E-state index in [9.17, 15) is 8.78 Å². The second kappa shape index (κ2) is 6.47. The third-order valence-electron chi connectivity index (χ3n) is 1.93. The third kappa shape index (κ3) is 4.85. The highest BCUT2D eigenvalue weighted by Crippen LogP contribution is 2.06. The van der Waals surface area contributed by atoms with Gasteiger partial charge in [0.2, 0.25) is 0 Å². The van der Waals surface area contributed by atoms with Crippen LogP contribution in [0.15, 0.2) is 12.3 Å². The summed E-state index contributed by atoms with van der Waals surface area (Å²) in [6.45, 7) is 2.27. The Labute approximate surface area is 87.0 Å². The molecular weight excluding hydrogens is 204 g/mol. The van der Waals surface area contributed by atoms with E-state index in [2.05, 4.69) is 15.5 Å². The van der Waals surface area contributed by atoms with Crippen molar-refractivity contribution in [3.05, 3.63) is 18.0 Å². The number of nitrogens with one attached hydrogen (secondary N) is 2. The first-order valence-electron chi connectivity index (χ1n) is 4.78. The molecule has 1 atom stereocenters. The Morgan fingerprint density at radius 2 is 2.40 bits per heavy atom. The molecule has 15 heavy (non-hydrogen) atoms. The fourth-order valence-electron chi connectivity index (χ4n) is 1.14. The van der Waals surface area contributed by atoms with Crippen molar-refractivity contribution in [2.75, 3.05) is 19.8 Å². The van der Waals surface area contributed by atoms with E-state index in [-0.39, 0.29) is 12.6 Å². The monoisotopic (exact) mass is 219 g/mol. The van der Waals surface area contributed by atoms with Crippen molar-refractivity contribution >= 4 is 0 Å². The second-order valence-corrected chi connectivity index (χ2v) is 3.15. The van der Waals surface area contributed by atoms with E-state index >= 15 is 0 Å². The Balaban J connectivity index is 2.05. The molecule has 86 valence electrons. The zero-order valence-electron chi connectivity index (χ0n) is 8.54. The van der Waals surface area contributed by atoms with Gasteiger partial charge in [-0.3, -0.25) is 5.10 Å². The van der Waals surface area contributed by atoms with Crippen molar-refractivity contribution in [1.82, 2.24) is 15.5 Å². The lowest BCUT2D eigenvalue weighted by atomic mass is 10.2. The van der Waals surface area contributed by atoms with E-state index in [1.807, 2.05) is 13.0 Å². The van der Waals surface area contributed by atoms with Gasteiger partial charge in [-0.05, 0) is 13.0 Å². The van der Waals surface area contributed by atoms with Gasteiger partial charge in [-0.15, -0.1) is 0 Å². The van der Waals surface area contributed by atoms with E-state index in [1.54, 1.807) is 6.20 Å². The van der Waals surface area contributed by atoms with Crippen LogP contribution in [0.5, 0.6) is 0 Å². The summed E-state index contributed by atoms with van der Waals surface area (Å²) in [7, 11) is 0. The van der Waals surface area contributed by atoms with Crippen LogP contribution in [0.4, 0.5) is 8.78 Å². The van der Waals surface area contributed by atoms with Gasteiger partial charge in [0.25, 0.3) is 6.43 Å². The molecule has 0 fully saturated rings. The summed E-state index contributed by atoms with van der Waals surface area (Å²) in [4.78, 5) is 0. The number of ether oxygens (including phenoxy) is 1. The molecule has 0 aliphatic rings. The van der Waals surface area contributed by atoms with Crippen LogP contribution in [0.25, 0.3) is 0 Å². The molecule has 1 rings (SSSR count). The number of alkyl halides is 2. The molecule has 0 aliphatic carbocycles. The molecule has 0 amide bonds. The number of aromatic amines is 1. The van der Waals surface area contributed by atoms with E-state index in [1.165, 1.54) is 0 Å². The quantitative estimate of drug-likeness (QED) is 0.680. The highest BCUT2D eigenvalue weighted by atomic mass is 19.3. The van der Waals surface area contributed by atoms with Gasteiger partial charge in [-0.2, -0.15) is 5.10 Å². The second-order valence-electron chi connectivity index (χ2n) is 3.15. The van der Waals surface area contributed by atoms with Gasteiger partial charge in [0.1, 0.15) is 6.61 Å². The Morgan fingerprint density at radius 1 is 1.60 bits per heavy atom. The molecular formula is C9H15F2N3O. The maximum Gasteiger partial charge on any atom is 0.261 e. The van der Waals surface area contributed by atoms with Gasteiger partial charge in [-0.1, -0.05) is 0 Å². The van der Waals surface area contributed by atoms with Crippen molar-refractivity contribution in [2.45, 2.75) is 19.4 Å². The minimum absolute atomic E-state index is 0.114. The fourth-order valence-corrected chi connectivity index (χ4v) is 1.14. The van der Waals surface area contributed by atoms with Crippen LogP contribution in [0.2, 0.25) is 0 Å². The maximum atomic E-state index is 11.7. The summed E-state index contributed by atoms with van der Waals surface area (Å²) in [5, 5.41) is 9.76. The number of halogens is 2. The first kappa shape index (κ1) is 12.1. The summed E-state index contributed by atoms with van der Waals surface area (Å²) in [5.74, 6) is 0. The van der Waals surface area contributed by atoms with Gasteiger partial charge >= 0.3 is 0 Å². The largest absolute Gasteiger partial charge is 0.374 e. The highest BCUT2D eigenvalue weighted by molar-refractivity contribution is 5.02. The number of hydrogen-bond donors (Lipinski definition) is 2. The lowest BCUT2D eigenvalue weighted by molar-refractivity contribution is 0.0183. The van der Waals surface area contributed by atoms with Crippen molar-refractivity contribution in [3.63, 3.8) is 0 Å². The summed E-state index contributed by atoms with van der Waals surface area (Å²) >= 11 is 0. The predicted octanol–water partition coefficient (Wildman–Crippen LogP) is 1.34. The SMILES string of the molecule is CC(NCCOCC(F)F)c1ccn[nH]1. The molecule has 0 saturated heterocycles. The fraction of sp³-hybridized carbons (Fsp3) is 0.667. The number of aromatic nitrogens is 2. The standard InChI is InChI=1S/C9H15F2N3O/c1-7(8-2-3-13-14-8)12-4-5-15-6-9(10)11/h2-3,7,9,12H,4-6H2,1H3,(H,13,14). The maximum absolute atomic E-state index is 11.7. The van der Waals surface area contributed by atoms with Gasteiger partial charge in [0, 0.05) is 18.8 Å². The molecule has 6 heteroatoms. The Morgan fingerprint density at radius 3 is 3.00 bits per heavy atom. The van der Waals surface area contributed by atoms with E-state index in [0.717, 1.165) is 5.69 Å². The lowest BCUT2D eigenvalue weighted by Gasteiger charge is -2.11. The first-order chi connectivity index (χ1) is 7.20. The first-order valence-corrected chi connectivity index (χ1v) is 4.78. The van der Waals surface area contributed by atoms with Crippen molar-refractivity contribution in [1.29, 1.82) is 0 Å². The molecule has 4 nitrogen and oxygen atoms in total. The van der Waals surface area contributed by atoms with E-state index in [4.69, 9.17) is 4.74 Å². The molecule has 2 N–H and O–H groups in total. The van der Waals surface area contributed by atoms with Crippen LogP contribution in [0.3, 0.4) is 0 Å². The van der Waals surface area contributed by atoms with Crippen LogP contribution in [-0.4, -0.2) is 36.4 Å². The molecule has 0 radical (unpaired) electrons. The Bertz CT molecular complexity index is 254. The summed E-state index contributed by atoms with van der Waals surface area (Å²) < 4.78 is 28.1. The average molecular weight is 219 g/mol. The van der Waals surface area contributed by atoms with Crippen LogP contribution >= 0.6 is 0 Å². The zero-order valence-corrected chi connectivity index (χ0v) is 8.54. The van der Waals surface area contributed by atoms with Gasteiger partial charge in [-0.25, -0.2) is 8.78 Å². The van der Waals surface area contributed by atoms with E-state index < -0.39 is 13.0 Å². The van der Waals surface area contributed by atoms with Crippen LogP contribution in [0.1, 0.15) is 18.7 Å². The third-order valence-corrected chi connectivity index (χ3v) is 1.93. The molecule has 1 unspecified atom stereocenters. The Hall–Kier alpha value is -1.01. The Kier molecular flexibility index (Phi) is 5.20. The molecule has 0 spiro atoms. The molecule has 1 heterocycles. The average Bonchev–Trinajstić information content (AvgIpc) is 2.69. The molecule has 1 aromatic heterocycles. The molecule has 0 aliphatic heterocycles. The molecule has 1 aromatic rings. The number of nitrogens with zero attached hydrogens (tertiary/aromatic N) is 1. The lowest BCUT2D eigenvalue weighted by Crippen LogP contribution is -2.24. The van der Waals surface area contributed by atoms with Crippen LogP contribution in [-0.2, 0) is 4.74 Å². The topological polar surface area (TPSA) is 49.9 Å². The summed E-state index contributed by atoms with van der Waals surface area (Å²) in [6.07, 6.45) is -0.726. The van der Waals surface area contributed by atoms with Crippen molar-refractivity contribution < 1.29 is 13.5 Å². The molecule has 0 aromatic carbocycles. The van der Waals surface area contributed by atoms with Crippen molar-refractivity contribution in [3.8, 4) is 0 Å².